The molecule has 2 N–H and O–H groups in total. The van der Waals surface area contributed by atoms with Gasteiger partial charge in [-0.2, -0.15) is 5.10 Å². The number of likely N-dealkylation sites (N-methyl/N-ethyl adjacent to an activating group) is 1. The van der Waals surface area contributed by atoms with Crippen LogP contribution in [0, 0.1) is 0 Å². The van der Waals surface area contributed by atoms with Gasteiger partial charge in [0.1, 0.15) is 12.2 Å². The van der Waals surface area contributed by atoms with Crippen LogP contribution < -0.4 is 0 Å². The van der Waals surface area contributed by atoms with Gasteiger partial charge in [0, 0.05) is 18.4 Å². The minimum Gasteiger partial charge on any atom is -0.388 e. The zero-order valence-electron chi connectivity index (χ0n) is 13.7. The number of carbonyl (C=O) groups excluding carboxylic acids is 1. The van der Waals surface area contributed by atoms with E-state index in [1.165, 1.54) is 0 Å². The van der Waals surface area contributed by atoms with Gasteiger partial charge >= 0.3 is 0 Å². The third-order valence-electron chi connectivity index (χ3n) is 4.52. The van der Waals surface area contributed by atoms with Gasteiger partial charge in [0.15, 0.2) is 0 Å². The van der Waals surface area contributed by atoms with E-state index < -0.39 is 18.2 Å². The molecule has 1 aromatic heterocycles. The summed E-state index contributed by atoms with van der Waals surface area (Å²) in [5, 5.41) is 25.2. The molecule has 1 fully saturated rings. The number of aliphatic hydroxyl groups is 2. The Hall–Kier alpha value is -1.96. The Morgan fingerprint density at radius 3 is 2.96 bits per heavy atom. The molecule has 0 bridgehead atoms. The summed E-state index contributed by atoms with van der Waals surface area (Å²) in [6, 6.07) is 7.34. The highest BCUT2D eigenvalue weighted by atomic mass is 16.5. The van der Waals surface area contributed by atoms with E-state index in [-0.39, 0.29) is 25.5 Å². The summed E-state index contributed by atoms with van der Waals surface area (Å²) in [6.07, 6.45) is 0.125. The maximum atomic E-state index is 12.6. The molecule has 3 rings (SSSR count). The number of rotatable bonds is 5. The summed E-state index contributed by atoms with van der Waals surface area (Å²) in [6.45, 7) is 3.12. The fraction of sp³-hybridized carbons (Fsp3) is 0.529. The van der Waals surface area contributed by atoms with Gasteiger partial charge in [0.2, 0.25) is 5.91 Å². The number of aliphatic hydroxyl groups excluding tert-OH is 2. The molecule has 0 aliphatic carbocycles. The predicted octanol–water partition coefficient (Wildman–Crippen LogP) is 0.395. The molecule has 130 valence electrons. The summed E-state index contributed by atoms with van der Waals surface area (Å²) < 4.78 is 7.09. The summed E-state index contributed by atoms with van der Waals surface area (Å²) in [4.78, 5) is 14.2. The largest absolute Gasteiger partial charge is 0.388 e. The van der Waals surface area contributed by atoms with Crippen LogP contribution >= 0.6 is 0 Å². The van der Waals surface area contributed by atoms with Crippen LogP contribution in [0.5, 0.6) is 0 Å². The number of aryl methyl sites for hydroxylation is 1. The van der Waals surface area contributed by atoms with Crippen molar-refractivity contribution in [2.45, 2.75) is 38.1 Å². The molecule has 1 aliphatic heterocycles. The molecule has 1 amide bonds. The van der Waals surface area contributed by atoms with Gasteiger partial charge in [0.05, 0.1) is 37.5 Å². The standard InChI is InChI=1S/C17H23N3O4/c1-2-19(14-10-24-11-15(21)17(14)23)16(22)7-8-20-13-6-4-3-5-12(13)9-18-20/h3-6,9,14-15,17,21,23H,2,7-8,10-11H2,1H3/t14-,15-,17+/m1/s1. The van der Waals surface area contributed by atoms with Crippen molar-refractivity contribution in [2.75, 3.05) is 19.8 Å². The lowest BCUT2D eigenvalue weighted by molar-refractivity contribution is -0.156. The van der Waals surface area contributed by atoms with Crippen molar-refractivity contribution >= 4 is 16.8 Å². The van der Waals surface area contributed by atoms with Crippen LogP contribution in [0.2, 0.25) is 0 Å². The van der Waals surface area contributed by atoms with E-state index in [1.54, 1.807) is 11.1 Å². The summed E-state index contributed by atoms with van der Waals surface area (Å²) >= 11 is 0. The van der Waals surface area contributed by atoms with Crippen molar-refractivity contribution in [3.05, 3.63) is 30.5 Å². The van der Waals surface area contributed by atoms with Gasteiger partial charge in [-0.3, -0.25) is 9.48 Å². The molecule has 3 atom stereocenters. The average molecular weight is 333 g/mol. The molecule has 0 unspecified atom stereocenters. The Kier molecular flexibility index (Phi) is 5.13. The Labute approximate surface area is 140 Å². The lowest BCUT2D eigenvalue weighted by atomic mass is 10.0. The van der Waals surface area contributed by atoms with Gasteiger partial charge in [-0.15, -0.1) is 0 Å². The van der Waals surface area contributed by atoms with Crippen molar-refractivity contribution in [2.24, 2.45) is 0 Å². The first-order valence-corrected chi connectivity index (χ1v) is 8.25. The van der Waals surface area contributed by atoms with Crippen LogP contribution in [-0.4, -0.2) is 68.8 Å². The van der Waals surface area contributed by atoms with E-state index in [9.17, 15) is 15.0 Å². The first-order chi connectivity index (χ1) is 11.6. The van der Waals surface area contributed by atoms with Crippen molar-refractivity contribution in [1.29, 1.82) is 0 Å². The molecule has 24 heavy (non-hydrogen) atoms. The van der Waals surface area contributed by atoms with Crippen LogP contribution in [0.25, 0.3) is 10.9 Å². The number of fused-ring (bicyclic) bond motifs is 1. The number of aromatic nitrogens is 2. The number of ether oxygens (including phenoxy) is 1. The minimum atomic E-state index is -0.979. The predicted molar refractivity (Wildman–Crippen MR) is 88.4 cm³/mol. The summed E-state index contributed by atoms with van der Waals surface area (Å²) in [5.41, 5.74) is 0.991. The second-order valence-electron chi connectivity index (χ2n) is 6.02. The van der Waals surface area contributed by atoms with Gasteiger partial charge in [-0.25, -0.2) is 0 Å². The van der Waals surface area contributed by atoms with Gasteiger partial charge in [-0.05, 0) is 13.0 Å². The highest BCUT2D eigenvalue weighted by Gasteiger charge is 2.36. The highest BCUT2D eigenvalue weighted by molar-refractivity contribution is 5.79. The maximum absolute atomic E-state index is 12.6. The number of amides is 1. The topological polar surface area (TPSA) is 87.8 Å². The number of hydrogen-bond donors (Lipinski definition) is 2. The Morgan fingerprint density at radius 2 is 2.17 bits per heavy atom. The molecular formula is C17H23N3O4. The van der Waals surface area contributed by atoms with Crippen LogP contribution in [0.4, 0.5) is 0 Å². The van der Waals surface area contributed by atoms with E-state index in [0.29, 0.717) is 13.1 Å². The van der Waals surface area contributed by atoms with Crippen LogP contribution in [0.3, 0.4) is 0 Å². The number of benzene rings is 1. The third-order valence-corrected chi connectivity index (χ3v) is 4.52. The Morgan fingerprint density at radius 1 is 1.38 bits per heavy atom. The second kappa shape index (κ2) is 7.29. The van der Waals surface area contributed by atoms with Crippen LogP contribution in [0.1, 0.15) is 13.3 Å². The minimum absolute atomic E-state index is 0.0844. The summed E-state index contributed by atoms with van der Waals surface area (Å²) in [5.74, 6) is -0.0844. The molecule has 0 saturated carbocycles. The zero-order chi connectivity index (χ0) is 17.1. The monoisotopic (exact) mass is 333 g/mol. The van der Waals surface area contributed by atoms with Crippen LogP contribution in [-0.2, 0) is 16.1 Å². The number of carbonyl (C=O) groups is 1. The highest BCUT2D eigenvalue weighted by Crippen LogP contribution is 2.17. The molecule has 1 saturated heterocycles. The van der Waals surface area contributed by atoms with Crippen molar-refractivity contribution < 1.29 is 19.7 Å². The van der Waals surface area contributed by atoms with Crippen molar-refractivity contribution in [3.63, 3.8) is 0 Å². The summed E-state index contributed by atoms with van der Waals surface area (Å²) in [7, 11) is 0. The lowest BCUT2D eigenvalue weighted by Gasteiger charge is -2.39. The fourth-order valence-electron chi connectivity index (χ4n) is 3.18. The molecule has 7 heteroatoms. The van der Waals surface area contributed by atoms with E-state index in [4.69, 9.17) is 4.74 Å². The van der Waals surface area contributed by atoms with Gasteiger partial charge in [0.25, 0.3) is 0 Å². The number of nitrogens with zero attached hydrogens (tertiary/aromatic N) is 3. The van der Waals surface area contributed by atoms with E-state index in [1.807, 2.05) is 35.9 Å². The van der Waals surface area contributed by atoms with Gasteiger partial charge < -0.3 is 19.8 Å². The molecule has 1 aliphatic rings. The molecule has 0 spiro atoms. The first-order valence-electron chi connectivity index (χ1n) is 8.25. The smallest absolute Gasteiger partial charge is 0.224 e. The van der Waals surface area contributed by atoms with Crippen LogP contribution in [0.15, 0.2) is 30.5 Å². The average Bonchev–Trinajstić information content (AvgIpc) is 3.00. The van der Waals surface area contributed by atoms with E-state index in [2.05, 4.69) is 5.10 Å². The fourth-order valence-corrected chi connectivity index (χ4v) is 3.18. The molecule has 1 aromatic carbocycles. The first kappa shape index (κ1) is 16.9. The molecule has 2 aromatic rings. The maximum Gasteiger partial charge on any atom is 0.224 e. The molecule has 2 heterocycles. The normalized spacial score (nSPS) is 24.2. The second-order valence-corrected chi connectivity index (χ2v) is 6.02. The van der Waals surface area contributed by atoms with Crippen molar-refractivity contribution in [1.82, 2.24) is 14.7 Å². The molecule has 7 nitrogen and oxygen atoms in total. The SMILES string of the molecule is CCN(C(=O)CCn1ncc2ccccc21)[C@@H]1COC[C@@H](O)[C@H]1O. The Balaban J connectivity index is 1.66. The van der Waals surface area contributed by atoms with Crippen molar-refractivity contribution in [3.8, 4) is 0 Å². The van der Waals surface area contributed by atoms with Gasteiger partial charge in [-0.1, -0.05) is 18.2 Å². The Bertz CT molecular complexity index is 702. The number of hydrogen-bond acceptors (Lipinski definition) is 5. The molecular weight excluding hydrogens is 310 g/mol. The molecule has 0 radical (unpaired) electrons. The number of para-hydroxylation sites is 1. The quantitative estimate of drug-likeness (QED) is 0.827. The lowest BCUT2D eigenvalue weighted by Crippen LogP contribution is -2.57. The third kappa shape index (κ3) is 3.28. The van der Waals surface area contributed by atoms with E-state index in [0.717, 1.165) is 10.9 Å². The zero-order valence-corrected chi connectivity index (χ0v) is 13.7. The van der Waals surface area contributed by atoms with E-state index >= 15 is 0 Å².